The number of rotatable bonds is 3. The summed E-state index contributed by atoms with van der Waals surface area (Å²) in [4.78, 5) is 31.6. The number of nitrogens with zero attached hydrogens (tertiary/aromatic N) is 2. The molecule has 1 N–H and O–H groups in total. The summed E-state index contributed by atoms with van der Waals surface area (Å²) in [5.41, 5.74) is 3.29. The summed E-state index contributed by atoms with van der Waals surface area (Å²) in [7, 11) is 0. The standard InChI is InChI=1S/C22H18ClN3O2/c1-14-12-15-4-2-3-5-20(15)26(14)22(28)16-10-11-24-19(13-16)21(27)25-18-8-6-17(23)7-9-18/h2-11,13-14H,12H2,1H3,(H,25,27). The van der Waals surface area contributed by atoms with Crippen LogP contribution in [0.3, 0.4) is 0 Å². The lowest BCUT2D eigenvalue weighted by atomic mass is 10.1. The zero-order chi connectivity index (χ0) is 19.7. The van der Waals surface area contributed by atoms with E-state index in [4.69, 9.17) is 11.6 Å². The Balaban J connectivity index is 1.57. The second kappa shape index (κ2) is 7.44. The van der Waals surface area contributed by atoms with E-state index < -0.39 is 0 Å². The number of halogens is 1. The molecule has 1 unspecified atom stereocenters. The van der Waals surface area contributed by atoms with Crippen molar-refractivity contribution in [2.45, 2.75) is 19.4 Å². The van der Waals surface area contributed by atoms with E-state index in [2.05, 4.69) is 10.3 Å². The van der Waals surface area contributed by atoms with Gasteiger partial charge in [0, 0.05) is 34.2 Å². The quantitative estimate of drug-likeness (QED) is 0.710. The van der Waals surface area contributed by atoms with Crippen molar-refractivity contribution < 1.29 is 9.59 Å². The van der Waals surface area contributed by atoms with E-state index in [1.807, 2.05) is 31.2 Å². The fourth-order valence-electron chi connectivity index (χ4n) is 3.43. The van der Waals surface area contributed by atoms with E-state index in [-0.39, 0.29) is 23.6 Å². The molecule has 1 aromatic heterocycles. The highest BCUT2D eigenvalue weighted by atomic mass is 35.5. The van der Waals surface area contributed by atoms with Gasteiger partial charge in [-0.1, -0.05) is 29.8 Å². The molecule has 1 aliphatic heterocycles. The first-order valence-electron chi connectivity index (χ1n) is 8.97. The lowest BCUT2D eigenvalue weighted by molar-refractivity contribution is 0.0981. The Morgan fingerprint density at radius 2 is 1.86 bits per heavy atom. The molecule has 140 valence electrons. The molecule has 0 spiro atoms. The van der Waals surface area contributed by atoms with Gasteiger partial charge in [0.15, 0.2) is 0 Å². The van der Waals surface area contributed by atoms with Crippen molar-refractivity contribution in [3.8, 4) is 0 Å². The van der Waals surface area contributed by atoms with Crippen LogP contribution in [0.5, 0.6) is 0 Å². The van der Waals surface area contributed by atoms with Crippen LogP contribution in [-0.2, 0) is 6.42 Å². The molecule has 0 fully saturated rings. The Bertz CT molecular complexity index is 1050. The summed E-state index contributed by atoms with van der Waals surface area (Å²) in [5.74, 6) is -0.521. The molecule has 0 saturated carbocycles. The molecule has 1 atom stereocenters. The summed E-state index contributed by atoms with van der Waals surface area (Å²) in [6.45, 7) is 2.02. The molecule has 0 radical (unpaired) electrons. The number of carbonyl (C=O) groups is 2. The fourth-order valence-corrected chi connectivity index (χ4v) is 3.56. The monoisotopic (exact) mass is 391 g/mol. The van der Waals surface area contributed by atoms with Gasteiger partial charge in [-0.2, -0.15) is 0 Å². The Hall–Kier alpha value is -3.18. The van der Waals surface area contributed by atoms with Crippen LogP contribution in [0.25, 0.3) is 0 Å². The molecule has 2 heterocycles. The molecule has 0 bridgehead atoms. The van der Waals surface area contributed by atoms with E-state index in [0.717, 1.165) is 17.7 Å². The second-order valence-corrected chi connectivity index (χ2v) is 7.18. The van der Waals surface area contributed by atoms with Gasteiger partial charge in [-0.15, -0.1) is 0 Å². The van der Waals surface area contributed by atoms with Gasteiger partial charge in [0.2, 0.25) is 0 Å². The third kappa shape index (κ3) is 3.49. The number of hydrogen-bond donors (Lipinski definition) is 1. The third-order valence-electron chi connectivity index (χ3n) is 4.77. The summed E-state index contributed by atoms with van der Waals surface area (Å²) in [6, 6.07) is 17.9. The van der Waals surface area contributed by atoms with Crippen molar-refractivity contribution in [3.63, 3.8) is 0 Å². The van der Waals surface area contributed by atoms with E-state index in [0.29, 0.717) is 16.3 Å². The van der Waals surface area contributed by atoms with Crippen molar-refractivity contribution >= 4 is 34.8 Å². The minimum Gasteiger partial charge on any atom is -0.321 e. The minimum atomic E-state index is -0.383. The first kappa shape index (κ1) is 18.2. The topological polar surface area (TPSA) is 62.3 Å². The lowest BCUT2D eigenvalue weighted by Gasteiger charge is -2.23. The summed E-state index contributed by atoms with van der Waals surface area (Å²) in [6.07, 6.45) is 2.30. The number of hydrogen-bond acceptors (Lipinski definition) is 3. The van der Waals surface area contributed by atoms with E-state index in [1.165, 1.54) is 12.3 Å². The molecule has 3 aromatic rings. The van der Waals surface area contributed by atoms with Gasteiger partial charge in [-0.05, 0) is 61.4 Å². The Morgan fingerprint density at radius 1 is 1.11 bits per heavy atom. The first-order chi connectivity index (χ1) is 13.5. The van der Waals surface area contributed by atoms with Crippen LogP contribution in [0, 0.1) is 0 Å². The van der Waals surface area contributed by atoms with Crippen LogP contribution >= 0.6 is 11.6 Å². The van der Waals surface area contributed by atoms with Gasteiger partial charge in [-0.25, -0.2) is 0 Å². The normalized spacial score (nSPS) is 15.2. The summed E-state index contributed by atoms with van der Waals surface area (Å²) in [5, 5.41) is 3.35. The number of anilines is 2. The van der Waals surface area contributed by atoms with E-state index in [9.17, 15) is 9.59 Å². The highest BCUT2D eigenvalue weighted by Gasteiger charge is 2.31. The van der Waals surface area contributed by atoms with Gasteiger partial charge >= 0.3 is 0 Å². The van der Waals surface area contributed by atoms with Crippen molar-refractivity contribution in [2.75, 3.05) is 10.2 Å². The van der Waals surface area contributed by atoms with Crippen LogP contribution < -0.4 is 10.2 Å². The van der Waals surface area contributed by atoms with E-state index >= 15 is 0 Å². The smallest absolute Gasteiger partial charge is 0.274 e. The fraction of sp³-hybridized carbons (Fsp3) is 0.136. The zero-order valence-electron chi connectivity index (χ0n) is 15.2. The van der Waals surface area contributed by atoms with Crippen molar-refractivity contribution in [2.24, 2.45) is 0 Å². The highest BCUT2D eigenvalue weighted by Crippen LogP contribution is 2.33. The molecule has 0 aliphatic carbocycles. The molecule has 28 heavy (non-hydrogen) atoms. The van der Waals surface area contributed by atoms with Gasteiger partial charge < -0.3 is 10.2 Å². The Kier molecular flexibility index (Phi) is 4.84. The van der Waals surface area contributed by atoms with Gasteiger partial charge in [0.05, 0.1) is 0 Å². The third-order valence-corrected chi connectivity index (χ3v) is 5.02. The number of fused-ring (bicyclic) bond motifs is 1. The first-order valence-corrected chi connectivity index (χ1v) is 9.35. The largest absolute Gasteiger partial charge is 0.321 e. The number of benzene rings is 2. The van der Waals surface area contributed by atoms with Crippen LogP contribution in [-0.4, -0.2) is 22.8 Å². The lowest BCUT2D eigenvalue weighted by Crippen LogP contribution is -2.35. The number of aromatic nitrogens is 1. The molecular weight excluding hydrogens is 374 g/mol. The van der Waals surface area contributed by atoms with Crippen LogP contribution in [0.15, 0.2) is 66.9 Å². The Morgan fingerprint density at radius 3 is 2.64 bits per heavy atom. The summed E-state index contributed by atoms with van der Waals surface area (Å²) >= 11 is 5.86. The van der Waals surface area contributed by atoms with Crippen molar-refractivity contribution in [3.05, 3.63) is 88.7 Å². The average Bonchev–Trinajstić information content (AvgIpc) is 3.05. The van der Waals surface area contributed by atoms with Crippen LogP contribution in [0.2, 0.25) is 5.02 Å². The maximum atomic E-state index is 13.1. The van der Waals surface area contributed by atoms with Crippen LogP contribution in [0.4, 0.5) is 11.4 Å². The van der Waals surface area contributed by atoms with Gasteiger partial charge in [0.25, 0.3) is 11.8 Å². The molecule has 2 aromatic carbocycles. The predicted molar refractivity (Wildman–Crippen MR) is 110 cm³/mol. The number of nitrogens with one attached hydrogen (secondary N) is 1. The van der Waals surface area contributed by atoms with Crippen molar-refractivity contribution in [1.82, 2.24) is 4.98 Å². The molecule has 6 heteroatoms. The molecule has 0 saturated heterocycles. The number of pyridine rings is 1. The molecule has 5 nitrogen and oxygen atoms in total. The second-order valence-electron chi connectivity index (χ2n) is 6.75. The predicted octanol–water partition coefficient (Wildman–Crippen LogP) is 4.58. The number of amides is 2. The molecule has 4 rings (SSSR count). The highest BCUT2D eigenvalue weighted by molar-refractivity contribution is 6.30. The molecule has 2 amide bonds. The maximum absolute atomic E-state index is 13.1. The van der Waals surface area contributed by atoms with Crippen LogP contribution in [0.1, 0.15) is 33.3 Å². The minimum absolute atomic E-state index is 0.0596. The molecular formula is C22H18ClN3O2. The summed E-state index contributed by atoms with van der Waals surface area (Å²) < 4.78 is 0. The Labute approximate surface area is 168 Å². The number of para-hydroxylation sites is 1. The zero-order valence-corrected chi connectivity index (χ0v) is 16.0. The maximum Gasteiger partial charge on any atom is 0.274 e. The van der Waals surface area contributed by atoms with Gasteiger partial charge in [0.1, 0.15) is 5.69 Å². The number of carbonyl (C=O) groups excluding carboxylic acids is 2. The van der Waals surface area contributed by atoms with Crippen molar-refractivity contribution in [1.29, 1.82) is 0 Å². The molecule has 1 aliphatic rings. The van der Waals surface area contributed by atoms with E-state index in [1.54, 1.807) is 35.2 Å². The SMILES string of the molecule is CC1Cc2ccccc2N1C(=O)c1ccnc(C(=O)Nc2ccc(Cl)cc2)c1. The van der Waals surface area contributed by atoms with Gasteiger partial charge in [-0.3, -0.25) is 14.6 Å². The average molecular weight is 392 g/mol.